The number of oxime groups is 1. The van der Waals surface area contributed by atoms with E-state index in [9.17, 15) is 4.21 Å². The van der Waals surface area contributed by atoms with Crippen molar-refractivity contribution in [1.82, 2.24) is 0 Å². The topological polar surface area (TPSA) is 51.0 Å². The van der Waals surface area contributed by atoms with Crippen LogP contribution in [0.15, 0.2) is 9.52 Å². The van der Waals surface area contributed by atoms with Gasteiger partial charge in [-0.1, -0.05) is 5.16 Å². The third-order valence-corrected chi connectivity index (χ3v) is 1.14. The Morgan fingerprint density at radius 3 is 2.71 bits per heavy atom. The molecule has 1 atom stereocenters. The van der Waals surface area contributed by atoms with Crippen LogP contribution >= 0.6 is 0 Å². The van der Waals surface area contributed by atoms with Crippen LogP contribution in [0.3, 0.4) is 0 Å². The molecule has 0 fully saturated rings. The predicted molar refractivity (Wildman–Crippen MR) is 26.2 cm³/mol. The molecule has 0 aromatic rings. The second-order valence-corrected chi connectivity index (χ2v) is 1.90. The molecular formula is C2H4N2O2S. The summed E-state index contributed by atoms with van der Waals surface area (Å²) in [6.45, 7) is 1.63. The van der Waals surface area contributed by atoms with Crippen molar-refractivity contribution in [3.63, 3.8) is 0 Å². The molecule has 40 valence electrons. The lowest BCUT2D eigenvalue weighted by molar-refractivity contribution is 0.388. The van der Waals surface area contributed by atoms with Crippen molar-refractivity contribution < 1.29 is 8.49 Å². The molecule has 0 saturated carbocycles. The Labute approximate surface area is 42.6 Å². The van der Waals surface area contributed by atoms with Crippen molar-refractivity contribution in [1.29, 1.82) is 0 Å². The molecule has 4 nitrogen and oxygen atoms in total. The summed E-state index contributed by atoms with van der Waals surface area (Å²) in [5.41, 5.74) is 0. The van der Waals surface area contributed by atoms with Crippen LogP contribution in [0.25, 0.3) is 0 Å². The minimum absolute atomic E-state index is 0.445. The zero-order valence-electron chi connectivity index (χ0n) is 3.66. The van der Waals surface area contributed by atoms with Crippen LogP contribution in [-0.2, 0) is 15.2 Å². The maximum Gasteiger partial charge on any atom is 0.225 e. The van der Waals surface area contributed by atoms with Gasteiger partial charge in [-0.3, -0.25) is 4.28 Å². The first kappa shape index (κ1) is 4.58. The third-order valence-electron chi connectivity index (χ3n) is 0.469. The van der Waals surface area contributed by atoms with Crippen LogP contribution in [0.1, 0.15) is 6.92 Å². The molecule has 0 N–H and O–H groups in total. The molecule has 0 bridgehead atoms. The third kappa shape index (κ3) is 0.894. The summed E-state index contributed by atoms with van der Waals surface area (Å²) >= 11 is 0. The summed E-state index contributed by atoms with van der Waals surface area (Å²) in [5.74, 6) is 0.445. The van der Waals surface area contributed by atoms with Crippen LogP contribution < -0.4 is 0 Å². The van der Waals surface area contributed by atoms with Gasteiger partial charge in [-0.05, 0) is 0 Å². The van der Waals surface area contributed by atoms with Gasteiger partial charge >= 0.3 is 0 Å². The van der Waals surface area contributed by atoms with Crippen molar-refractivity contribution in [3.05, 3.63) is 0 Å². The molecule has 7 heavy (non-hydrogen) atoms. The smallest absolute Gasteiger partial charge is 0.225 e. The molecule has 0 aliphatic carbocycles. The highest BCUT2D eigenvalue weighted by Gasteiger charge is 1.94. The van der Waals surface area contributed by atoms with E-state index in [1.807, 2.05) is 0 Å². The SMILES string of the molecule is CC1=NO[SH](=O)=N1. The summed E-state index contributed by atoms with van der Waals surface area (Å²) in [6.07, 6.45) is 0. The van der Waals surface area contributed by atoms with Crippen molar-refractivity contribution >= 4 is 16.7 Å². The van der Waals surface area contributed by atoms with Crippen molar-refractivity contribution in [2.45, 2.75) is 6.92 Å². The fraction of sp³-hybridized carbons (Fsp3) is 0.500. The zero-order chi connectivity index (χ0) is 5.28. The Kier molecular flexibility index (Phi) is 0.976. The molecule has 0 amide bonds. The molecule has 1 heterocycles. The number of hydrogen-bond donors (Lipinski definition) is 1. The molecular weight excluding hydrogens is 116 g/mol. The van der Waals surface area contributed by atoms with E-state index in [1.54, 1.807) is 6.92 Å². The van der Waals surface area contributed by atoms with Crippen molar-refractivity contribution in [3.8, 4) is 0 Å². The highest BCUT2D eigenvalue weighted by Crippen LogP contribution is 1.93. The first-order valence-corrected chi connectivity index (χ1v) is 2.83. The fourth-order valence-corrected chi connectivity index (χ4v) is 0.746. The molecule has 5 heteroatoms. The standard InChI is InChI=1S/C2H4N2O2S/c1-2-3-6-7(5)4-2/h7H,1H3. The highest BCUT2D eigenvalue weighted by molar-refractivity contribution is 7.70. The van der Waals surface area contributed by atoms with E-state index in [0.717, 1.165) is 0 Å². The molecule has 0 radical (unpaired) electrons. The van der Waals surface area contributed by atoms with Gasteiger partial charge in [0, 0.05) is 6.92 Å². The lowest BCUT2D eigenvalue weighted by Gasteiger charge is -1.70. The van der Waals surface area contributed by atoms with E-state index in [2.05, 4.69) is 13.8 Å². The van der Waals surface area contributed by atoms with Crippen LogP contribution in [0, 0.1) is 0 Å². The Hall–Kier alpha value is -0.580. The van der Waals surface area contributed by atoms with Crippen LogP contribution in [-0.4, -0.2) is 10.0 Å². The Bertz CT molecular complexity index is 178. The van der Waals surface area contributed by atoms with Gasteiger partial charge in [-0.2, -0.15) is 0 Å². The Morgan fingerprint density at radius 1 is 1.86 bits per heavy atom. The van der Waals surface area contributed by atoms with E-state index < -0.39 is 10.9 Å². The number of nitrogens with zero attached hydrogens (tertiary/aromatic N) is 2. The summed E-state index contributed by atoms with van der Waals surface area (Å²) in [7, 11) is -1.83. The zero-order valence-corrected chi connectivity index (χ0v) is 4.55. The first-order chi connectivity index (χ1) is 3.29. The van der Waals surface area contributed by atoms with Gasteiger partial charge in [0.1, 0.15) is 0 Å². The van der Waals surface area contributed by atoms with Gasteiger partial charge in [-0.25, -0.2) is 4.21 Å². The minimum atomic E-state index is -1.83. The molecule has 1 aliphatic heterocycles. The molecule has 1 unspecified atom stereocenters. The van der Waals surface area contributed by atoms with E-state index >= 15 is 0 Å². The first-order valence-electron chi connectivity index (χ1n) is 1.69. The second kappa shape index (κ2) is 1.49. The van der Waals surface area contributed by atoms with Crippen molar-refractivity contribution in [2.24, 2.45) is 9.52 Å². The van der Waals surface area contributed by atoms with E-state index in [-0.39, 0.29) is 0 Å². The normalized spacial score (nSPS) is 28.1. The Morgan fingerprint density at radius 2 is 2.57 bits per heavy atom. The van der Waals surface area contributed by atoms with Gasteiger partial charge in [0.05, 0.1) is 0 Å². The molecule has 0 saturated heterocycles. The van der Waals surface area contributed by atoms with Crippen LogP contribution in [0.4, 0.5) is 0 Å². The van der Waals surface area contributed by atoms with E-state index in [1.165, 1.54) is 0 Å². The van der Waals surface area contributed by atoms with Gasteiger partial charge in [0.15, 0.2) is 5.84 Å². The monoisotopic (exact) mass is 120 g/mol. The molecule has 0 aromatic carbocycles. The molecule has 0 spiro atoms. The number of thiol groups is 1. The summed E-state index contributed by atoms with van der Waals surface area (Å²) < 4.78 is 17.7. The average Bonchev–Trinajstić information content (AvgIpc) is 1.87. The van der Waals surface area contributed by atoms with E-state index in [4.69, 9.17) is 0 Å². The lowest BCUT2D eigenvalue weighted by atomic mass is 10.7. The van der Waals surface area contributed by atoms with Gasteiger partial charge < -0.3 is 0 Å². The van der Waals surface area contributed by atoms with Gasteiger partial charge in [0.2, 0.25) is 10.9 Å². The molecule has 1 aliphatic rings. The average molecular weight is 120 g/mol. The second-order valence-electron chi connectivity index (χ2n) is 1.06. The van der Waals surface area contributed by atoms with Gasteiger partial charge in [-0.15, -0.1) is 4.36 Å². The number of hydrogen-bond acceptors (Lipinski definition) is 4. The minimum Gasteiger partial charge on any atom is -0.286 e. The number of amidine groups is 1. The van der Waals surface area contributed by atoms with Crippen LogP contribution in [0.5, 0.6) is 0 Å². The maximum atomic E-state index is 10.1. The van der Waals surface area contributed by atoms with Gasteiger partial charge in [0.25, 0.3) is 0 Å². The summed E-state index contributed by atoms with van der Waals surface area (Å²) in [5, 5.41) is 3.28. The fourth-order valence-electron chi connectivity index (χ4n) is 0.249. The summed E-state index contributed by atoms with van der Waals surface area (Å²) in [4.78, 5) is 0. The van der Waals surface area contributed by atoms with Crippen LogP contribution in [0.2, 0.25) is 0 Å². The molecule has 1 rings (SSSR count). The summed E-state index contributed by atoms with van der Waals surface area (Å²) in [6, 6.07) is 0. The van der Waals surface area contributed by atoms with Crippen molar-refractivity contribution in [2.75, 3.05) is 0 Å². The maximum absolute atomic E-state index is 10.1. The highest BCUT2D eigenvalue weighted by atomic mass is 32.2. The molecule has 0 aromatic heterocycles. The quantitative estimate of drug-likeness (QED) is 0.455. The number of rotatable bonds is 0. The van der Waals surface area contributed by atoms with E-state index in [0.29, 0.717) is 5.84 Å². The predicted octanol–water partition coefficient (Wildman–Crippen LogP) is -0.0704. The largest absolute Gasteiger partial charge is 0.286 e. The lowest BCUT2D eigenvalue weighted by Crippen LogP contribution is -1.73. The Balaban J connectivity index is 2.89.